The number of sulfonamides is 1. The number of hydrogen-bond donors (Lipinski definition) is 0. The van der Waals surface area contributed by atoms with Crippen molar-refractivity contribution in [1.29, 1.82) is 0 Å². The van der Waals surface area contributed by atoms with E-state index in [2.05, 4.69) is 0 Å². The largest absolute Gasteiger partial charge is 0.490 e. The van der Waals surface area contributed by atoms with Crippen LogP contribution in [0, 0.1) is 5.82 Å². The fourth-order valence-corrected chi connectivity index (χ4v) is 4.02. The van der Waals surface area contributed by atoms with Gasteiger partial charge in [-0.25, -0.2) is 17.6 Å². The molecule has 0 amide bonds. The average molecular weight is 409 g/mol. The number of carbonyl (C=O) groups is 1. The van der Waals surface area contributed by atoms with Gasteiger partial charge in [-0.1, -0.05) is 0 Å². The molecule has 0 radical (unpaired) electrons. The minimum absolute atomic E-state index is 0.00401. The number of ether oxygens (including phenoxy) is 3. The van der Waals surface area contributed by atoms with E-state index < -0.39 is 16.0 Å². The molecular weight excluding hydrogens is 389 g/mol. The third-order valence-electron chi connectivity index (χ3n) is 4.10. The third-order valence-corrected chi connectivity index (χ3v) is 6.01. The number of halogens is 1. The van der Waals surface area contributed by atoms with Crippen molar-refractivity contribution in [2.75, 3.05) is 39.5 Å². The highest BCUT2D eigenvalue weighted by Gasteiger charge is 2.26. The molecule has 0 bridgehead atoms. The van der Waals surface area contributed by atoms with Gasteiger partial charge in [0.15, 0.2) is 0 Å². The summed E-state index contributed by atoms with van der Waals surface area (Å²) in [6.45, 7) is 1.46. The first kappa shape index (κ1) is 20.2. The summed E-state index contributed by atoms with van der Waals surface area (Å²) in [6.07, 6.45) is 0. The van der Waals surface area contributed by atoms with Crippen LogP contribution in [-0.4, -0.2) is 58.2 Å². The number of morpholine rings is 1. The number of hydrogen-bond acceptors (Lipinski definition) is 6. The molecule has 0 aromatic heterocycles. The van der Waals surface area contributed by atoms with E-state index in [1.807, 2.05) is 0 Å². The van der Waals surface area contributed by atoms with Crippen molar-refractivity contribution in [3.63, 3.8) is 0 Å². The van der Waals surface area contributed by atoms with Crippen LogP contribution in [0.2, 0.25) is 0 Å². The summed E-state index contributed by atoms with van der Waals surface area (Å²) in [7, 11) is -3.60. The molecule has 0 atom stereocenters. The van der Waals surface area contributed by atoms with E-state index in [0.29, 0.717) is 32.1 Å². The number of nitrogens with zero attached hydrogens (tertiary/aromatic N) is 1. The monoisotopic (exact) mass is 409 g/mol. The van der Waals surface area contributed by atoms with Crippen LogP contribution in [0.3, 0.4) is 0 Å². The molecule has 7 nitrogen and oxygen atoms in total. The maximum absolute atomic E-state index is 12.8. The molecule has 0 N–H and O–H groups in total. The van der Waals surface area contributed by atoms with Crippen LogP contribution in [0.5, 0.6) is 5.75 Å². The average Bonchev–Trinajstić information content (AvgIpc) is 2.73. The van der Waals surface area contributed by atoms with E-state index in [0.717, 1.165) is 0 Å². The van der Waals surface area contributed by atoms with Crippen LogP contribution in [0.25, 0.3) is 0 Å². The highest BCUT2D eigenvalue weighted by Crippen LogP contribution is 2.18. The molecule has 0 unspecified atom stereocenters. The van der Waals surface area contributed by atoms with Gasteiger partial charge in [-0.15, -0.1) is 0 Å². The molecule has 1 saturated heterocycles. The Kier molecular flexibility index (Phi) is 6.61. The Balaban J connectivity index is 1.51. The highest BCUT2D eigenvalue weighted by molar-refractivity contribution is 7.89. The van der Waals surface area contributed by atoms with E-state index in [4.69, 9.17) is 14.2 Å². The second-order valence-electron chi connectivity index (χ2n) is 5.98. The van der Waals surface area contributed by atoms with Crippen LogP contribution in [0.4, 0.5) is 4.39 Å². The van der Waals surface area contributed by atoms with Crippen molar-refractivity contribution >= 4 is 16.0 Å². The molecule has 1 aliphatic heterocycles. The molecule has 1 fully saturated rings. The van der Waals surface area contributed by atoms with Gasteiger partial charge in [0, 0.05) is 13.1 Å². The number of benzene rings is 2. The van der Waals surface area contributed by atoms with Crippen LogP contribution in [0.1, 0.15) is 10.4 Å². The maximum Gasteiger partial charge on any atom is 0.338 e. The van der Waals surface area contributed by atoms with Crippen molar-refractivity contribution in [3.05, 3.63) is 59.9 Å². The summed E-state index contributed by atoms with van der Waals surface area (Å²) in [6, 6.07) is 11.1. The normalized spacial score (nSPS) is 15.2. The SMILES string of the molecule is O=C(OCCOc1ccc(F)cc1)c1ccc(S(=O)(=O)N2CCOCC2)cc1. The van der Waals surface area contributed by atoms with Crippen LogP contribution >= 0.6 is 0 Å². The van der Waals surface area contributed by atoms with Gasteiger partial charge in [0.25, 0.3) is 0 Å². The third kappa shape index (κ3) is 5.06. The minimum Gasteiger partial charge on any atom is -0.490 e. The van der Waals surface area contributed by atoms with Crippen molar-refractivity contribution in [2.45, 2.75) is 4.90 Å². The summed E-state index contributed by atoms with van der Waals surface area (Å²) in [5, 5.41) is 0. The Hall–Kier alpha value is -2.49. The zero-order valence-corrected chi connectivity index (χ0v) is 15.9. The number of carbonyl (C=O) groups excluding carboxylic acids is 1. The second-order valence-corrected chi connectivity index (χ2v) is 7.92. The van der Waals surface area contributed by atoms with Gasteiger partial charge in [0.1, 0.15) is 24.8 Å². The smallest absolute Gasteiger partial charge is 0.338 e. The predicted octanol–water partition coefficient (Wildman–Crippen LogP) is 2.08. The molecule has 3 rings (SSSR count). The van der Waals surface area contributed by atoms with Gasteiger partial charge in [0.2, 0.25) is 10.0 Å². The van der Waals surface area contributed by atoms with Crippen molar-refractivity contribution in [3.8, 4) is 5.75 Å². The lowest BCUT2D eigenvalue weighted by Gasteiger charge is -2.26. The standard InChI is InChI=1S/C19H20FNO6S/c20-16-3-5-17(6-4-16)26-13-14-27-19(22)15-1-7-18(8-2-15)28(23,24)21-9-11-25-12-10-21/h1-8H,9-14H2. The fourth-order valence-electron chi connectivity index (χ4n) is 2.61. The molecule has 1 aliphatic rings. The first-order chi connectivity index (χ1) is 13.5. The lowest BCUT2D eigenvalue weighted by atomic mass is 10.2. The summed E-state index contributed by atoms with van der Waals surface area (Å²) in [5.41, 5.74) is 0.239. The number of rotatable bonds is 7. The lowest BCUT2D eigenvalue weighted by molar-refractivity contribution is 0.0450. The summed E-state index contributed by atoms with van der Waals surface area (Å²) < 4.78 is 54.9. The van der Waals surface area contributed by atoms with Crippen molar-refractivity contribution in [1.82, 2.24) is 4.31 Å². The summed E-state index contributed by atoms with van der Waals surface area (Å²) >= 11 is 0. The first-order valence-electron chi connectivity index (χ1n) is 8.70. The Morgan fingerprint density at radius 2 is 1.64 bits per heavy atom. The Morgan fingerprint density at radius 3 is 2.29 bits per heavy atom. The molecular formula is C19H20FNO6S. The van der Waals surface area contributed by atoms with E-state index >= 15 is 0 Å². The molecule has 2 aromatic carbocycles. The molecule has 150 valence electrons. The molecule has 0 aliphatic carbocycles. The van der Waals surface area contributed by atoms with Crippen LogP contribution in [-0.2, 0) is 19.5 Å². The van der Waals surface area contributed by atoms with E-state index in [9.17, 15) is 17.6 Å². The Labute approximate surface area is 162 Å². The van der Waals surface area contributed by atoms with Crippen LogP contribution < -0.4 is 4.74 Å². The number of esters is 1. The lowest BCUT2D eigenvalue weighted by Crippen LogP contribution is -2.40. The van der Waals surface area contributed by atoms with Crippen molar-refractivity contribution < 1.29 is 31.8 Å². The zero-order valence-electron chi connectivity index (χ0n) is 15.0. The summed E-state index contributed by atoms with van der Waals surface area (Å²) in [4.78, 5) is 12.2. The molecule has 2 aromatic rings. The fraction of sp³-hybridized carbons (Fsp3) is 0.316. The predicted molar refractivity (Wildman–Crippen MR) is 98.2 cm³/mol. The topological polar surface area (TPSA) is 82.1 Å². The molecule has 0 spiro atoms. The molecule has 9 heteroatoms. The van der Waals surface area contributed by atoms with Gasteiger partial charge in [-0.3, -0.25) is 0 Å². The molecule has 28 heavy (non-hydrogen) atoms. The van der Waals surface area contributed by atoms with Gasteiger partial charge in [-0.05, 0) is 48.5 Å². The van der Waals surface area contributed by atoms with Gasteiger partial charge in [0.05, 0.1) is 23.7 Å². The molecule has 1 heterocycles. The van der Waals surface area contributed by atoms with Gasteiger partial charge < -0.3 is 14.2 Å². The Bertz CT molecular complexity index is 893. The van der Waals surface area contributed by atoms with Crippen molar-refractivity contribution in [2.24, 2.45) is 0 Å². The first-order valence-corrected chi connectivity index (χ1v) is 10.1. The minimum atomic E-state index is -3.60. The maximum atomic E-state index is 12.8. The highest BCUT2D eigenvalue weighted by atomic mass is 32.2. The van der Waals surface area contributed by atoms with Gasteiger partial charge in [-0.2, -0.15) is 4.31 Å². The Morgan fingerprint density at radius 1 is 1.00 bits per heavy atom. The summed E-state index contributed by atoms with van der Waals surface area (Å²) in [5.74, 6) is -0.481. The van der Waals surface area contributed by atoms with E-state index in [-0.39, 0.29) is 29.5 Å². The zero-order chi connectivity index (χ0) is 20.0. The van der Waals surface area contributed by atoms with Gasteiger partial charge >= 0.3 is 5.97 Å². The van der Waals surface area contributed by atoms with E-state index in [1.165, 1.54) is 52.8 Å². The van der Waals surface area contributed by atoms with E-state index in [1.54, 1.807) is 0 Å². The van der Waals surface area contributed by atoms with Crippen LogP contribution in [0.15, 0.2) is 53.4 Å². The quantitative estimate of drug-likeness (QED) is 0.514. The molecule has 0 saturated carbocycles. The second kappa shape index (κ2) is 9.13.